The van der Waals surface area contributed by atoms with Crippen molar-refractivity contribution in [3.63, 3.8) is 0 Å². The van der Waals surface area contributed by atoms with E-state index in [1.807, 2.05) is 32.0 Å². The van der Waals surface area contributed by atoms with Crippen LogP contribution in [0.5, 0.6) is 0 Å². The van der Waals surface area contributed by atoms with E-state index in [0.29, 0.717) is 5.56 Å². The highest BCUT2D eigenvalue weighted by Gasteiger charge is 2.61. The molecule has 2 N–H and O–H groups in total. The van der Waals surface area contributed by atoms with Gasteiger partial charge in [0.25, 0.3) is 11.8 Å². The molecule has 9 nitrogen and oxygen atoms in total. The van der Waals surface area contributed by atoms with Crippen molar-refractivity contribution in [3.8, 4) is 0 Å². The van der Waals surface area contributed by atoms with Crippen LogP contribution in [0.4, 0.5) is 0 Å². The van der Waals surface area contributed by atoms with E-state index in [9.17, 15) is 9.59 Å². The molecule has 3 atom stereocenters. The highest BCUT2D eigenvalue weighted by atomic mass is 16.8. The molecule has 2 saturated heterocycles. The molecular formula is C21H24N4O5. The Morgan fingerprint density at radius 2 is 1.93 bits per heavy atom. The average molecular weight is 412 g/mol. The number of fused-ring (bicyclic) bond motifs is 1. The van der Waals surface area contributed by atoms with Gasteiger partial charge in [-0.25, -0.2) is 9.97 Å². The fraction of sp³-hybridized carbons (Fsp3) is 0.429. The number of benzene rings is 1. The smallest absolute Gasteiger partial charge is 0.270 e. The molecule has 158 valence electrons. The molecule has 0 unspecified atom stereocenters. The monoisotopic (exact) mass is 412 g/mol. The standard InChI is InChI=1S/C21H24N4O5/c1-20(2)29-17-16(10-23-19(27)15-8-9-22-13-25-15)28-12-21(17,30-20)11-24-18(26)14-6-4-3-5-7-14/h3-9,13,16-17H,10-12H2,1-2H3,(H,23,27)(H,24,26)/t16-,17-,21+/m1/s1. The average Bonchev–Trinajstić information content (AvgIpc) is 3.21. The van der Waals surface area contributed by atoms with Crippen molar-refractivity contribution in [3.05, 3.63) is 60.2 Å². The summed E-state index contributed by atoms with van der Waals surface area (Å²) in [6, 6.07) is 10.5. The summed E-state index contributed by atoms with van der Waals surface area (Å²) >= 11 is 0. The van der Waals surface area contributed by atoms with Crippen molar-refractivity contribution in [1.29, 1.82) is 0 Å². The molecule has 1 aromatic heterocycles. The van der Waals surface area contributed by atoms with Gasteiger partial charge in [-0.2, -0.15) is 0 Å². The van der Waals surface area contributed by atoms with Crippen LogP contribution in [0.1, 0.15) is 34.7 Å². The quantitative estimate of drug-likeness (QED) is 0.726. The van der Waals surface area contributed by atoms with Gasteiger partial charge >= 0.3 is 0 Å². The Kier molecular flexibility index (Phi) is 5.50. The van der Waals surface area contributed by atoms with Gasteiger partial charge in [0.1, 0.15) is 29.8 Å². The third kappa shape index (κ3) is 4.18. The van der Waals surface area contributed by atoms with Gasteiger partial charge in [0.05, 0.1) is 13.2 Å². The van der Waals surface area contributed by atoms with E-state index in [-0.39, 0.29) is 37.2 Å². The number of aromatic nitrogens is 2. The number of nitrogens with one attached hydrogen (secondary N) is 2. The zero-order valence-corrected chi connectivity index (χ0v) is 16.8. The summed E-state index contributed by atoms with van der Waals surface area (Å²) in [4.78, 5) is 32.5. The lowest BCUT2D eigenvalue weighted by molar-refractivity contribution is -0.188. The molecule has 0 aliphatic carbocycles. The van der Waals surface area contributed by atoms with Crippen LogP contribution < -0.4 is 10.6 Å². The largest absolute Gasteiger partial charge is 0.370 e. The third-order valence-electron chi connectivity index (χ3n) is 5.12. The van der Waals surface area contributed by atoms with E-state index in [2.05, 4.69) is 20.6 Å². The Hall–Kier alpha value is -2.88. The number of rotatable bonds is 6. The number of carbonyl (C=O) groups excluding carboxylic acids is 2. The van der Waals surface area contributed by atoms with E-state index in [1.54, 1.807) is 12.1 Å². The van der Waals surface area contributed by atoms with Gasteiger partial charge in [0.15, 0.2) is 5.79 Å². The molecular weight excluding hydrogens is 388 g/mol. The minimum Gasteiger partial charge on any atom is -0.370 e. The summed E-state index contributed by atoms with van der Waals surface area (Å²) in [6.45, 7) is 4.34. The molecule has 30 heavy (non-hydrogen) atoms. The summed E-state index contributed by atoms with van der Waals surface area (Å²) in [7, 11) is 0. The first-order valence-electron chi connectivity index (χ1n) is 9.76. The summed E-state index contributed by atoms with van der Waals surface area (Å²) < 4.78 is 18.2. The lowest BCUT2D eigenvalue weighted by Crippen LogP contribution is -2.52. The molecule has 3 heterocycles. The predicted molar refractivity (Wildman–Crippen MR) is 106 cm³/mol. The van der Waals surface area contributed by atoms with Gasteiger partial charge in [0, 0.05) is 18.3 Å². The Bertz CT molecular complexity index is 908. The van der Waals surface area contributed by atoms with Gasteiger partial charge in [-0.15, -0.1) is 0 Å². The maximum absolute atomic E-state index is 12.5. The van der Waals surface area contributed by atoms with Gasteiger partial charge < -0.3 is 24.8 Å². The Morgan fingerprint density at radius 3 is 2.67 bits per heavy atom. The molecule has 4 rings (SSSR count). The molecule has 2 aliphatic rings. The van der Waals surface area contributed by atoms with E-state index in [4.69, 9.17) is 14.2 Å². The molecule has 2 fully saturated rings. The van der Waals surface area contributed by atoms with Crippen LogP contribution in [-0.2, 0) is 14.2 Å². The van der Waals surface area contributed by atoms with Crippen molar-refractivity contribution in [2.75, 3.05) is 19.7 Å². The van der Waals surface area contributed by atoms with Crippen LogP contribution in [0.2, 0.25) is 0 Å². The van der Waals surface area contributed by atoms with Crippen molar-refractivity contribution >= 4 is 11.8 Å². The Labute approximate surface area is 174 Å². The topological polar surface area (TPSA) is 112 Å². The van der Waals surface area contributed by atoms with Crippen molar-refractivity contribution in [2.45, 2.75) is 37.4 Å². The third-order valence-corrected chi connectivity index (χ3v) is 5.12. The molecule has 9 heteroatoms. The second-order valence-corrected chi connectivity index (χ2v) is 7.81. The van der Waals surface area contributed by atoms with Crippen LogP contribution in [0.3, 0.4) is 0 Å². The summed E-state index contributed by atoms with van der Waals surface area (Å²) in [5, 5.41) is 5.74. The van der Waals surface area contributed by atoms with Crippen molar-refractivity contribution in [1.82, 2.24) is 20.6 Å². The van der Waals surface area contributed by atoms with E-state index in [0.717, 1.165) is 0 Å². The lowest BCUT2D eigenvalue weighted by atomic mass is 9.96. The van der Waals surface area contributed by atoms with Crippen LogP contribution in [0, 0.1) is 0 Å². The molecule has 0 saturated carbocycles. The Balaban J connectivity index is 1.41. The predicted octanol–water partition coefficient (Wildman–Crippen LogP) is 0.925. The van der Waals surface area contributed by atoms with Crippen molar-refractivity contribution in [2.24, 2.45) is 0 Å². The molecule has 1 aromatic carbocycles. The molecule has 0 bridgehead atoms. The first-order chi connectivity index (χ1) is 14.4. The zero-order chi connectivity index (χ0) is 21.2. The molecule has 2 amide bonds. The molecule has 2 aliphatic heterocycles. The number of ether oxygens (including phenoxy) is 3. The van der Waals surface area contributed by atoms with E-state index in [1.165, 1.54) is 18.6 Å². The zero-order valence-electron chi connectivity index (χ0n) is 16.8. The lowest BCUT2D eigenvalue weighted by Gasteiger charge is -2.27. The minimum absolute atomic E-state index is 0.197. The maximum Gasteiger partial charge on any atom is 0.270 e. The fourth-order valence-corrected chi connectivity index (χ4v) is 3.83. The number of carbonyl (C=O) groups is 2. The Morgan fingerprint density at radius 1 is 1.13 bits per heavy atom. The number of nitrogens with zero attached hydrogens (tertiary/aromatic N) is 2. The summed E-state index contributed by atoms with van der Waals surface area (Å²) in [5.41, 5.74) is 0.00244. The highest BCUT2D eigenvalue weighted by Crippen LogP contribution is 2.43. The van der Waals surface area contributed by atoms with Crippen molar-refractivity contribution < 1.29 is 23.8 Å². The first-order valence-corrected chi connectivity index (χ1v) is 9.76. The van der Waals surface area contributed by atoms with E-state index < -0.39 is 23.6 Å². The number of amides is 2. The minimum atomic E-state index is -0.835. The van der Waals surface area contributed by atoms with Gasteiger partial charge in [-0.05, 0) is 32.0 Å². The second-order valence-electron chi connectivity index (χ2n) is 7.81. The van der Waals surface area contributed by atoms with Crippen LogP contribution >= 0.6 is 0 Å². The van der Waals surface area contributed by atoms with Crippen LogP contribution in [0.25, 0.3) is 0 Å². The van der Waals surface area contributed by atoms with Gasteiger partial charge in [-0.1, -0.05) is 18.2 Å². The first kappa shape index (κ1) is 20.4. The highest BCUT2D eigenvalue weighted by molar-refractivity contribution is 5.94. The summed E-state index contributed by atoms with van der Waals surface area (Å²) in [6.07, 6.45) is 1.95. The normalized spacial score (nSPS) is 26.7. The number of hydrogen-bond donors (Lipinski definition) is 2. The molecule has 0 spiro atoms. The number of hydrogen-bond acceptors (Lipinski definition) is 7. The van der Waals surface area contributed by atoms with Crippen LogP contribution in [-0.4, -0.2) is 65.1 Å². The summed E-state index contributed by atoms with van der Waals surface area (Å²) in [5.74, 6) is -1.35. The fourth-order valence-electron chi connectivity index (χ4n) is 3.83. The molecule has 2 aromatic rings. The van der Waals surface area contributed by atoms with E-state index >= 15 is 0 Å². The van der Waals surface area contributed by atoms with Gasteiger partial charge in [-0.3, -0.25) is 9.59 Å². The molecule has 0 radical (unpaired) electrons. The maximum atomic E-state index is 12.5. The van der Waals surface area contributed by atoms with Crippen LogP contribution in [0.15, 0.2) is 48.9 Å². The SMILES string of the molecule is CC1(C)O[C@@H]2[C@@H](CNC(=O)c3ccncn3)OC[C@]2(CNC(=O)c2ccccc2)O1. The van der Waals surface area contributed by atoms with Gasteiger partial charge in [0.2, 0.25) is 0 Å². The second kappa shape index (κ2) is 8.10.